The van der Waals surface area contributed by atoms with Crippen molar-refractivity contribution in [1.29, 1.82) is 5.26 Å². The summed E-state index contributed by atoms with van der Waals surface area (Å²) in [5, 5.41) is 10.8. The van der Waals surface area contributed by atoms with Gasteiger partial charge < -0.3 is 9.47 Å². The molecule has 3 aromatic rings. The van der Waals surface area contributed by atoms with Crippen molar-refractivity contribution in [2.24, 2.45) is 0 Å². The molecular formula is C24H25FN6. The molecule has 1 aliphatic rings. The average molecular weight is 417 g/mol. The molecule has 7 heteroatoms. The number of rotatable bonds is 7. The monoisotopic (exact) mass is 416 g/mol. The van der Waals surface area contributed by atoms with Gasteiger partial charge in [-0.1, -0.05) is 24.3 Å². The number of hydrogen-bond acceptors (Lipinski definition) is 5. The highest BCUT2D eigenvalue weighted by Gasteiger charge is 2.16. The van der Waals surface area contributed by atoms with Gasteiger partial charge in [-0.05, 0) is 47.0 Å². The van der Waals surface area contributed by atoms with E-state index in [9.17, 15) is 4.39 Å². The van der Waals surface area contributed by atoms with E-state index < -0.39 is 0 Å². The number of hydrazine groups is 1. The quantitative estimate of drug-likeness (QED) is 0.473. The zero-order chi connectivity index (χ0) is 21.5. The predicted molar refractivity (Wildman–Crippen MR) is 121 cm³/mol. The fourth-order valence-electron chi connectivity index (χ4n) is 3.71. The molecule has 1 aliphatic heterocycles. The van der Waals surface area contributed by atoms with Gasteiger partial charge in [0.15, 0.2) is 0 Å². The van der Waals surface area contributed by atoms with E-state index >= 15 is 0 Å². The van der Waals surface area contributed by atoms with Crippen molar-refractivity contribution in [3.05, 3.63) is 83.7 Å². The van der Waals surface area contributed by atoms with Gasteiger partial charge >= 0.3 is 0 Å². The van der Waals surface area contributed by atoms with E-state index in [-0.39, 0.29) is 5.82 Å². The van der Waals surface area contributed by atoms with Crippen LogP contribution >= 0.6 is 0 Å². The van der Waals surface area contributed by atoms with Crippen LogP contribution in [0, 0.1) is 17.1 Å². The number of benzene rings is 2. The van der Waals surface area contributed by atoms with Crippen LogP contribution in [0.3, 0.4) is 0 Å². The Bertz CT molecular complexity index is 1040. The Morgan fingerprint density at radius 1 is 1.03 bits per heavy atom. The fourth-order valence-corrected chi connectivity index (χ4v) is 3.71. The van der Waals surface area contributed by atoms with E-state index in [2.05, 4.69) is 50.7 Å². The van der Waals surface area contributed by atoms with E-state index in [1.165, 1.54) is 5.69 Å². The lowest BCUT2D eigenvalue weighted by Gasteiger charge is -2.35. The van der Waals surface area contributed by atoms with Crippen LogP contribution in [-0.2, 0) is 6.54 Å². The van der Waals surface area contributed by atoms with Gasteiger partial charge in [-0.15, -0.1) is 0 Å². The summed E-state index contributed by atoms with van der Waals surface area (Å²) in [6.07, 6.45) is 9.25. The highest BCUT2D eigenvalue weighted by molar-refractivity contribution is 5.71. The molecule has 0 spiro atoms. The van der Waals surface area contributed by atoms with Crippen molar-refractivity contribution in [3.8, 4) is 6.07 Å². The Morgan fingerprint density at radius 2 is 1.81 bits per heavy atom. The standard InChI is InChI=1S/C24H25FN6/c25-23-16-21(15-22(17-23)18-29-10-9-27-19-29)2-1-20-3-5-24(6-4-20)30-11-13-31(14-12-30)28-8-7-26/h1-6,9-10,15-17,19,28H,8,11-14,18H2/b2-1+. The van der Waals surface area contributed by atoms with Crippen molar-refractivity contribution >= 4 is 17.8 Å². The van der Waals surface area contributed by atoms with Crippen molar-refractivity contribution in [3.63, 3.8) is 0 Å². The third-order valence-electron chi connectivity index (χ3n) is 5.29. The molecule has 0 saturated carbocycles. The molecule has 0 atom stereocenters. The highest BCUT2D eigenvalue weighted by atomic mass is 19.1. The van der Waals surface area contributed by atoms with Crippen LogP contribution < -0.4 is 10.3 Å². The molecule has 31 heavy (non-hydrogen) atoms. The van der Waals surface area contributed by atoms with Crippen molar-refractivity contribution in [2.45, 2.75) is 6.54 Å². The zero-order valence-corrected chi connectivity index (χ0v) is 17.3. The van der Waals surface area contributed by atoms with E-state index in [1.807, 2.05) is 29.0 Å². The minimum Gasteiger partial charge on any atom is -0.369 e. The summed E-state index contributed by atoms with van der Waals surface area (Å²) in [7, 11) is 0. The molecule has 0 unspecified atom stereocenters. The summed E-state index contributed by atoms with van der Waals surface area (Å²) in [4.78, 5) is 6.37. The van der Waals surface area contributed by atoms with Gasteiger partial charge in [0.1, 0.15) is 5.82 Å². The van der Waals surface area contributed by atoms with E-state index in [1.54, 1.807) is 24.7 Å². The number of hydrogen-bond donors (Lipinski definition) is 1. The summed E-state index contributed by atoms with van der Waals surface area (Å²) in [6, 6.07) is 15.6. The predicted octanol–water partition coefficient (Wildman–Crippen LogP) is 3.39. The Balaban J connectivity index is 1.37. The second-order valence-corrected chi connectivity index (χ2v) is 7.52. The molecule has 1 aromatic heterocycles. The van der Waals surface area contributed by atoms with Crippen LogP contribution in [0.15, 0.2) is 61.2 Å². The molecule has 158 valence electrons. The van der Waals surface area contributed by atoms with Gasteiger partial charge in [0.25, 0.3) is 0 Å². The van der Waals surface area contributed by atoms with Gasteiger partial charge in [-0.2, -0.15) is 5.26 Å². The molecule has 4 rings (SSSR count). The first-order valence-corrected chi connectivity index (χ1v) is 10.3. The molecule has 2 heterocycles. The lowest BCUT2D eigenvalue weighted by Crippen LogP contribution is -2.52. The van der Waals surface area contributed by atoms with E-state index in [0.717, 1.165) is 42.9 Å². The highest BCUT2D eigenvalue weighted by Crippen LogP contribution is 2.19. The van der Waals surface area contributed by atoms with Crippen LogP contribution in [0.4, 0.5) is 10.1 Å². The first kappa shape index (κ1) is 20.8. The molecule has 1 saturated heterocycles. The minimum absolute atomic E-state index is 0.240. The second-order valence-electron chi connectivity index (χ2n) is 7.52. The van der Waals surface area contributed by atoms with Gasteiger partial charge in [0, 0.05) is 50.8 Å². The third-order valence-corrected chi connectivity index (χ3v) is 5.29. The number of aromatic nitrogens is 2. The number of nitrogens with zero attached hydrogens (tertiary/aromatic N) is 5. The van der Waals surface area contributed by atoms with Crippen LogP contribution in [0.25, 0.3) is 12.2 Å². The smallest absolute Gasteiger partial charge is 0.124 e. The summed E-state index contributed by atoms with van der Waals surface area (Å²) >= 11 is 0. The number of nitrogens with one attached hydrogen (secondary N) is 1. The Labute approximate surface area is 181 Å². The second kappa shape index (κ2) is 10.0. The summed E-state index contributed by atoms with van der Waals surface area (Å²) < 4.78 is 16.0. The Morgan fingerprint density at radius 3 is 2.52 bits per heavy atom. The summed E-state index contributed by atoms with van der Waals surface area (Å²) in [5.74, 6) is -0.240. The summed E-state index contributed by atoms with van der Waals surface area (Å²) in [6.45, 7) is 4.52. The molecule has 0 radical (unpaired) electrons. The van der Waals surface area contributed by atoms with Gasteiger partial charge in [-0.3, -0.25) is 0 Å². The minimum atomic E-state index is -0.240. The van der Waals surface area contributed by atoms with Crippen LogP contribution in [0.5, 0.6) is 0 Å². The largest absolute Gasteiger partial charge is 0.369 e. The first-order valence-electron chi connectivity index (χ1n) is 10.3. The lowest BCUT2D eigenvalue weighted by molar-refractivity contribution is 0.186. The first-order chi connectivity index (χ1) is 15.2. The molecule has 0 bridgehead atoms. The maximum Gasteiger partial charge on any atom is 0.124 e. The number of anilines is 1. The molecule has 1 fully saturated rings. The number of piperazine rings is 1. The Kier molecular flexibility index (Phi) is 6.72. The average Bonchev–Trinajstić information content (AvgIpc) is 3.30. The number of halogens is 1. The Hall–Kier alpha value is -3.47. The third kappa shape index (κ3) is 5.79. The van der Waals surface area contributed by atoms with Gasteiger partial charge in [0.2, 0.25) is 0 Å². The molecule has 0 amide bonds. The maximum absolute atomic E-state index is 14.0. The van der Waals surface area contributed by atoms with Crippen LogP contribution in [0.2, 0.25) is 0 Å². The normalized spacial score (nSPS) is 14.8. The van der Waals surface area contributed by atoms with Crippen molar-refractivity contribution < 1.29 is 4.39 Å². The van der Waals surface area contributed by atoms with Gasteiger partial charge in [-0.25, -0.2) is 19.8 Å². The maximum atomic E-state index is 14.0. The van der Waals surface area contributed by atoms with E-state index in [4.69, 9.17) is 5.26 Å². The van der Waals surface area contributed by atoms with Crippen molar-refractivity contribution in [1.82, 2.24) is 20.0 Å². The molecule has 1 N–H and O–H groups in total. The molecular weight excluding hydrogens is 391 g/mol. The van der Waals surface area contributed by atoms with Gasteiger partial charge in [0.05, 0.1) is 18.9 Å². The SMILES string of the molecule is N#CCNN1CCN(c2ccc(/C=C/c3cc(F)cc(Cn4ccnc4)c3)cc2)CC1. The number of imidazole rings is 1. The molecule has 0 aliphatic carbocycles. The van der Waals surface area contributed by atoms with E-state index in [0.29, 0.717) is 13.1 Å². The van der Waals surface area contributed by atoms with Crippen molar-refractivity contribution in [2.75, 3.05) is 37.6 Å². The van der Waals surface area contributed by atoms with Crippen LogP contribution in [-0.4, -0.2) is 47.3 Å². The molecule has 6 nitrogen and oxygen atoms in total. The zero-order valence-electron chi connectivity index (χ0n) is 17.3. The molecule has 2 aromatic carbocycles. The van der Waals surface area contributed by atoms with Crippen LogP contribution in [0.1, 0.15) is 16.7 Å². The topological polar surface area (TPSA) is 60.1 Å². The fraction of sp³-hybridized carbons (Fsp3) is 0.250. The lowest BCUT2D eigenvalue weighted by atomic mass is 10.1. The number of nitriles is 1. The summed E-state index contributed by atoms with van der Waals surface area (Å²) in [5.41, 5.74) is 7.10.